The Labute approximate surface area is 173 Å². The average Bonchev–Trinajstić information content (AvgIpc) is 2.74. The lowest BCUT2D eigenvalue weighted by atomic mass is 9.67. The molecule has 1 spiro atoms. The van der Waals surface area contributed by atoms with E-state index in [-0.39, 0.29) is 12.0 Å². The summed E-state index contributed by atoms with van der Waals surface area (Å²) in [6.07, 6.45) is 5.73. The molecule has 3 heterocycles. The summed E-state index contributed by atoms with van der Waals surface area (Å²) in [7, 11) is 3.65. The number of benzene rings is 1. The van der Waals surface area contributed by atoms with Crippen LogP contribution in [0.1, 0.15) is 12.0 Å². The number of rotatable bonds is 1. The third kappa shape index (κ3) is 2.98. The smallest absolute Gasteiger partial charge is 0.366 e. The van der Waals surface area contributed by atoms with E-state index in [1.807, 2.05) is 30.4 Å². The van der Waals surface area contributed by atoms with Gasteiger partial charge in [0.2, 0.25) is 0 Å². The molecule has 8 heteroatoms. The number of hydrogen-bond acceptors (Lipinski definition) is 8. The molecule has 5 rings (SSSR count). The fourth-order valence-corrected chi connectivity index (χ4v) is 5.03. The number of ether oxygens (including phenoxy) is 3. The quantitative estimate of drug-likeness (QED) is 0.390. The zero-order valence-corrected chi connectivity index (χ0v) is 16.8. The maximum Gasteiger partial charge on any atom is 0.366 e. The van der Waals surface area contributed by atoms with E-state index >= 15 is 0 Å². The molecule has 8 nitrogen and oxygen atoms in total. The molecule has 1 aromatic carbocycles. The minimum atomic E-state index is -0.987. The Morgan fingerprint density at radius 2 is 2.00 bits per heavy atom. The van der Waals surface area contributed by atoms with Crippen molar-refractivity contribution in [3.8, 4) is 11.5 Å². The van der Waals surface area contributed by atoms with Crippen LogP contribution in [-0.4, -0.2) is 61.4 Å². The standard InChI is InChI=1S/C22H23NO7/c1-23-10-9-22-14-4-6-17(29-30-20(25)8-7-19(24)28-22)21(22)27-18-12-13(11-15(14)23)3-5-16(18)26-2/h3-8,12,14-15,17,21H,9-11H2,1-2H3/b8-7+/t14-,15-,17+,21-,22+/m1/s1. The van der Waals surface area contributed by atoms with Crippen molar-refractivity contribution < 1.29 is 33.6 Å². The zero-order valence-electron chi connectivity index (χ0n) is 16.8. The van der Waals surface area contributed by atoms with Crippen molar-refractivity contribution in [3.63, 3.8) is 0 Å². The SMILES string of the molecule is COc1ccc2cc1O[C@@H]1[C@@H]3C=C[C@@H]4[C@@H](C2)N(C)CC[C@]41OC(=O)/C=C/C(=O)OO3. The van der Waals surface area contributed by atoms with Gasteiger partial charge < -0.3 is 19.1 Å². The molecule has 3 aliphatic heterocycles. The summed E-state index contributed by atoms with van der Waals surface area (Å²) in [5.41, 5.74) is 0.110. The van der Waals surface area contributed by atoms with Crippen LogP contribution in [0.4, 0.5) is 0 Å². The summed E-state index contributed by atoms with van der Waals surface area (Å²) in [6.45, 7) is 0.714. The van der Waals surface area contributed by atoms with Crippen LogP contribution in [0.25, 0.3) is 0 Å². The highest BCUT2D eigenvalue weighted by Gasteiger charge is 2.60. The van der Waals surface area contributed by atoms with Crippen LogP contribution in [0.3, 0.4) is 0 Å². The number of hydrogen-bond donors (Lipinski definition) is 0. The third-order valence-electron chi connectivity index (χ3n) is 6.50. The monoisotopic (exact) mass is 413 g/mol. The fraction of sp³-hybridized carbons (Fsp3) is 0.455. The molecule has 30 heavy (non-hydrogen) atoms. The molecule has 0 saturated carbocycles. The molecule has 1 fully saturated rings. The first-order valence-corrected chi connectivity index (χ1v) is 10.0. The largest absolute Gasteiger partial charge is 0.493 e. The summed E-state index contributed by atoms with van der Waals surface area (Å²) < 4.78 is 18.0. The number of fused-ring (bicyclic) bond motifs is 2. The second-order valence-electron chi connectivity index (χ2n) is 8.11. The molecule has 158 valence electrons. The van der Waals surface area contributed by atoms with Crippen molar-refractivity contribution in [1.29, 1.82) is 0 Å². The Kier molecular flexibility index (Phi) is 4.56. The summed E-state index contributed by atoms with van der Waals surface area (Å²) in [4.78, 5) is 37.2. The van der Waals surface area contributed by atoms with E-state index in [1.54, 1.807) is 7.11 Å². The van der Waals surface area contributed by atoms with Crippen LogP contribution in [-0.2, 0) is 30.5 Å². The Bertz CT molecular complexity index is 941. The van der Waals surface area contributed by atoms with E-state index in [1.165, 1.54) is 0 Å². The molecule has 0 aromatic heterocycles. The highest BCUT2D eigenvalue weighted by atomic mass is 17.2. The molecule has 0 amide bonds. The predicted octanol–water partition coefficient (Wildman–Crippen LogP) is 1.58. The Morgan fingerprint density at radius 1 is 1.17 bits per heavy atom. The van der Waals surface area contributed by atoms with Crippen molar-refractivity contribution in [2.75, 3.05) is 20.7 Å². The lowest BCUT2D eigenvalue weighted by molar-refractivity contribution is -0.313. The molecular formula is C22H23NO7. The van der Waals surface area contributed by atoms with E-state index in [0.717, 1.165) is 24.1 Å². The van der Waals surface area contributed by atoms with Crippen LogP contribution in [0.5, 0.6) is 11.5 Å². The second-order valence-corrected chi connectivity index (χ2v) is 8.11. The lowest BCUT2D eigenvalue weighted by Gasteiger charge is -2.54. The molecule has 0 unspecified atom stereocenters. The molecule has 0 radical (unpaired) electrons. The number of carbonyl (C=O) groups excluding carboxylic acids is 2. The predicted molar refractivity (Wildman–Crippen MR) is 104 cm³/mol. The average molecular weight is 413 g/mol. The molecule has 1 aromatic rings. The third-order valence-corrected chi connectivity index (χ3v) is 6.50. The fourth-order valence-electron chi connectivity index (χ4n) is 5.03. The van der Waals surface area contributed by atoms with Gasteiger partial charge in [0.15, 0.2) is 29.3 Å². The Balaban J connectivity index is 1.70. The van der Waals surface area contributed by atoms with Gasteiger partial charge in [-0.3, -0.25) is 4.89 Å². The maximum absolute atomic E-state index is 12.7. The van der Waals surface area contributed by atoms with Crippen LogP contribution >= 0.6 is 0 Å². The molecule has 1 saturated heterocycles. The molecule has 0 N–H and O–H groups in total. The topological polar surface area (TPSA) is 83.5 Å². The summed E-state index contributed by atoms with van der Waals surface area (Å²) in [5.74, 6) is -0.426. The van der Waals surface area contributed by atoms with Gasteiger partial charge in [-0.05, 0) is 31.2 Å². The molecule has 5 atom stereocenters. The van der Waals surface area contributed by atoms with Crippen LogP contribution in [0.15, 0.2) is 42.5 Å². The Morgan fingerprint density at radius 3 is 2.83 bits per heavy atom. The van der Waals surface area contributed by atoms with E-state index in [9.17, 15) is 9.59 Å². The van der Waals surface area contributed by atoms with Gasteiger partial charge in [-0.25, -0.2) is 9.59 Å². The van der Waals surface area contributed by atoms with Crippen molar-refractivity contribution in [3.05, 3.63) is 48.1 Å². The minimum Gasteiger partial charge on any atom is -0.493 e. The summed E-state index contributed by atoms with van der Waals surface area (Å²) in [6, 6.07) is 5.93. The van der Waals surface area contributed by atoms with Crippen LogP contribution in [0, 0.1) is 5.92 Å². The first kappa shape index (κ1) is 19.1. The maximum atomic E-state index is 12.7. The van der Waals surface area contributed by atoms with Crippen molar-refractivity contribution in [2.45, 2.75) is 36.7 Å². The van der Waals surface area contributed by atoms with Crippen LogP contribution < -0.4 is 9.47 Å². The number of nitrogens with zero attached hydrogens (tertiary/aromatic N) is 1. The van der Waals surface area contributed by atoms with Gasteiger partial charge in [0.1, 0.15) is 0 Å². The highest BCUT2D eigenvalue weighted by Crippen LogP contribution is 2.48. The van der Waals surface area contributed by atoms with Gasteiger partial charge >= 0.3 is 11.9 Å². The molecule has 7 bridgehead atoms. The van der Waals surface area contributed by atoms with Gasteiger partial charge in [0.05, 0.1) is 7.11 Å². The number of methoxy groups -OCH3 is 1. The second kappa shape index (κ2) is 7.14. The summed E-state index contributed by atoms with van der Waals surface area (Å²) >= 11 is 0. The number of piperidine rings is 1. The zero-order chi connectivity index (χ0) is 20.9. The Hall–Kier alpha value is -2.84. The van der Waals surface area contributed by atoms with E-state index < -0.39 is 29.7 Å². The number of likely N-dealkylation sites (tertiary alicyclic amines) is 1. The first-order valence-electron chi connectivity index (χ1n) is 10.0. The number of likely N-dealkylation sites (N-methyl/N-ethyl adjacent to an activating group) is 1. The highest BCUT2D eigenvalue weighted by molar-refractivity contribution is 5.91. The lowest BCUT2D eigenvalue weighted by Crippen LogP contribution is -2.68. The molecule has 1 aliphatic carbocycles. The van der Waals surface area contributed by atoms with E-state index in [0.29, 0.717) is 24.5 Å². The van der Waals surface area contributed by atoms with E-state index in [4.69, 9.17) is 24.0 Å². The summed E-state index contributed by atoms with van der Waals surface area (Å²) in [5, 5.41) is 0. The molecular weight excluding hydrogens is 390 g/mol. The number of esters is 1. The van der Waals surface area contributed by atoms with E-state index in [2.05, 4.69) is 11.9 Å². The van der Waals surface area contributed by atoms with Gasteiger partial charge in [-0.2, -0.15) is 4.89 Å². The van der Waals surface area contributed by atoms with Gasteiger partial charge in [0.25, 0.3) is 0 Å². The minimum absolute atomic E-state index is 0.0867. The first-order chi connectivity index (χ1) is 14.5. The van der Waals surface area contributed by atoms with Crippen molar-refractivity contribution in [2.24, 2.45) is 5.92 Å². The van der Waals surface area contributed by atoms with Gasteiger partial charge in [-0.1, -0.05) is 18.2 Å². The number of carbonyl (C=O) groups is 2. The van der Waals surface area contributed by atoms with Gasteiger partial charge in [0, 0.05) is 37.1 Å². The molecule has 4 aliphatic rings. The van der Waals surface area contributed by atoms with Crippen molar-refractivity contribution in [1.82, 2.24) is 4.90 Å². The van der Waals surface area contributed by atoms with Crippen LogP contribution in [0.2, 0.25) is 0 Å². The normalized spacial score (nSPS) is 36.2. The van der Waals surface area contributed by atoms with Crippen molar-refractivity contribution >= 4 is 11.9 Å². The van der Waals surface area contributed by atoms with Gasteiger partial charge in [-0.15, -0.1) is 0 Å².